The van der Waals surface area contributed by atoms with Crippen LogP contribution in [0, 0.1) is 0 Å². The predicted octanol–water partition coefficient (Wildman–Crippen LogP) is 5.38. The number of benzene rings is 3. The molecule has 0 saturated carbocycles. The number of nitrogens with one attached hydrogen (secondary N) is 2. The van der Waals surface area contributed by atoms with E-state index in [0.717, 1.165) is 29.7 Å². The fourth-order valence-corrected chi connectivity index (χ4v) is 6.91. The summed E-state index contributed by atoms with van der Waals surface area (Å²) in [5.74, 6) is -0.716. The third-order valence-electron chi connectivity index (χ3n) is 8.22. The van der Waals surface area contributed by atoms with Crippen molar-refractivity contribution in [1.82, 2.24) is 15.5 Å². The van der Waals surface area contributed by atoms with Crippen molar-refractivity contribution in [1.29, 1.82) is 0 Å². The predicted molar refractivity (Wildman–Crippen MR) is 202 cm³/mol. The van der Waals surface area contributed by atoms with Gasteiger partial charge in [-0.2, -0.15) is 0 Å². The SMILES string of the molecule is Br.NCCCC[C@H](NC(=O)[C@@H](Cc1cc(Br)c(N)c(Br)c1)NC(=O)CCCc1ccccc1)C(=O)N1CCN(c2ccccc2)CC1. The number of hydrogen-bond acceptors (Lipinski definition) is 6. The molecule has 3 aromatic rings. The number of anilines is 2. The van der Waals surface area contributed by atoms with Crippen molar-refractivity contribution in [2.24, 2.45) is 5.73 Å². The second-order valence-corrected chi connectivity index (χ2v) is 13.3. The molecule has 0 aliphatic carbocycles. The Kier molecular flexibility index (Phi) is 16.2. The number of halogens is 3. The molecule has 1 aliphatic rings. The van der Waals surface area contributed by atoms with Crippen molar-refractivity contribution in [2.75, 3.05) is 43.4 Å². The Balaban J connectivity index is 0.00000600. The van der Waals surface area contributed by atoms with Gasteiger partial charge in [0, 0.05) is 53.7 Å². The molecule has 1 aliphatic heterocycles. The average Bonchev–Trinajstić information content (AvgIpc) is 3.07. The van der Waals surface area contributed by atoms with Gasteiger partial charge in [0.25, 0.3) is 0 Å². The highest BCUT2D eigenvalue weighted by molar-refractivity contribution is 9.11. The van der Waals surface area contributed by atoms with Gasteiger partial charge in [0.2, 0.25) is 17.7 Å². The van der Waals surface area contributed by atoms with Crippen LogP contribution in [-0.2, 0) is 27.2 Å². The number of nitrogen functional groups attached to an aromatic ring is 1. The molecule has 2 atom stereocenters. The molecule has 254 valence electrons. The third-order valence-corrected chi connectivity index (χ3v) is 9.53. The zero-order valence-corrected chi connectivity index (χ0v) is 31.4. The van der Waals surface area contributed by atoms with E-state index in [0.29, 0.717) is 66.6 Å². The van der Waals surface area contributed by atoms with E-state index in [1.165, 1.54) is 0 Å². The van der Waals surface area contributed by atoms with Crippen molar-refractivity contribution in [3.05, 3.63) is 92.9 Å². The summed E-state index contributed by atoms with van der Waals surface area (Å²) in [6, 6.07) is 22.2. The lowest BCUT2D eigenvalue weighted by atomic mass is 10.0. The fourth-order valence-electron chi connectivity index (χ4n) is 5.63. The highest BCUT2D eigenvalue weighted by Crippen LogP contribution is 2.30. The number of piperazine rings is 1. The van der Waals surface area contributed by atoms with E-state index in [9.17, 15) is 14.4 Å². The van der Waals surface area contributed by atoms with Crippen molar-refractivity contribution in [3.8, 4) is 0 Å². The molecular weight excluding hydrogens is 792 g/mol. The van der Waals surface area contributed by atoms with E-state index < -0.39 is 18.0 Å². The summed E-state index contributed by atoms with van der Waals surface area (Å²) in [4.78, 5) is 45.0. The van der Waals surface area contributed by atoms with Gasteiger partial charge in [-0.1, -0.05) is 48.5 Å². The first-order valence-electron chi connectivity index (χ1n) is 15.9. The van der Waals surface area contributed by atoms with Crippen molar-refractivity contribution < 1.29 is 14.4 Å². The van der Waals surface area contributed by atoms with Gasteiger partial charge in [-0.05, 0) is 106 Å². The van der Waals surface area contributed by atoms with Gasteiger partial charge in [-0.15, -0.1) is 17.0 Å². The minimum atomic E-state index is -0.883. The molecule has 0 spiro atoms. The van der Waals surface area contributed by atoms with Crippen LogP contribution >= 0.6 is 48.8 Å². The summed E-state index contributed by atoms with van der Waals surface area (Å²) in [5, 5.41) is 5.97. The lowest BCUT2D eigenvalue weighted by Crippen LogP contribution is -2.57. The molecule has 1 fully saturated rings. The van der Waals surface area contributed by atoms with Crippen LogP contribution in [0.1, 0.15) is 43.2 Å². The van der Waals surface area contributed by atoms with E-state index in [-0.39, 0.29) is 41.6 Å². The number of amides is 3. The maximum atomic E-state index is 13.9. The number of carbonyl (C=O) groups excluding carboxylic acids is 3. The Morgan fingerprint density at radius 2 is 1.40 bits per heavy atom. The zero-order chi connectivity index (χ0) is 32.9. The molecule has 6 N–H and O–H groups in total. The highest BCUT2D eigenvalue weighted by atomic mass is 79.9. The first-order valence-corrected chi connectivity index (χ1v) is 17.5. The molecule has 3 amide bonds. The van der Waals surface area contributed by atoms with Gasteiger partial charge < -0.3 is 31.9 Å². The van der Waals surface area contributed by atoms with Crippen LogP contribution in [0.3, 0.4) is 0 Å². The number of carbonyl (C=O) groups is 3. The fraction of sp³-hybridized carbons (Fsp3) is 0.400. The normalized spacial score (nSPS) is 14.1. The molecule has 9 nitrogen and oxygen atoms in total. The molecule has 1 saturated heterocycles. The topological polar surface area (TPSA) is 134 Å². The van der Waals surface area contributed by atoms with Crippen LogP contribution in [0.25, 0.3) is 0 Å². The number of unbranched alkanes of at least 4 members (excludes halogenated alkanes) is 1. The molecule has 12 heteroatoms. The molecular formula is C35H45Br3N6O3. The molecule has 0 unspecified atom stereocenters. The second-order valence-electron chi connectivity index (χ2n) is 11.6. The van der Waals surface area contributed by atoms with Crippen LogP contribution in [0.2, 0.25) is 0 Å². The number of hydrogen-bond donors (Lipinski definition) is 4. The maximum absolute atomic E-state index is 13.9. The third kappa shape index (κ3) is 11.9. The van der Waals surface area contributed by atoms with Crippen LogP contribution in [-0.4, -0.2) is 67.4 Å². The smallest absolute Gasteiger partial charge is 0.245 e. The molecule has 0 bridgehead atoms. The second kappa shape index (κ2) is 19.8. The maximum Gasteiger partial charge on any atom is 0.245 e. The van der Waals surface area contributed by atoms with E-state index in [2.05, 4.69) is 59.5 Å². The van der Waals surface area contributed by atoms with E-state index in [4.69, 9.17) is 11.5 Å². The number of aryl methyl sites for hydroxylation is 1. The zero-order valence-electron chi connectivity index (χ0n) is 26.5. The number of para-hydroxylation sites is 1. The van der Waals surface area contributed by atoms with Gasteiger partial charge in [0.15, 0.2) is 0 Å². The van der Waals surface area contributed by atoms with Crippen LogP contribution < -0.4 is 27.0 Å². The molecule has 0 radical (unpaired) electrons. The van der Waals surface area contributed by atoms with Gasteiger partial charge in [-0.3, -0.25) is 14.4 Å². The molecule has 47 heavy (non-hydrogen) atoms. The summed E-state index contributed by atoms with van der Waals surface area (Å²) in [7, 11) is 0. The van der Waals surface area contributed by atoms with E-state index in [1.807, 2.05) is 65.6 Å². The number of nitrogens with two attached hydrogens (primary N) is 2. The van der Waals surface area contributed by atoms with Crippen LogP contribution in [0.15, 0.2) is 81.7 Å². The summed E-state index contributed by atoms with van der Waals surface area (Å²) < 4.78 is 1.38. The summed E-state index contributed by atoms with van der Waals surface area (Å²) >= 11 is 6.96. The van der Waals surface area contributed by atoms with Gasteiger partial charge in [0.05, 0.1) is 5.69 Å². The number of rotatable bonds is 15. The largest absolute Gasteiger partial charge is 0.397 e. The monoisotopic (exact) mass is 834 g/mol. The Morgan fingerprint density at radius 3 is 2.02 bits per heavy atom. The van der Waals surface area contributed by atoms with E-state index >= 15 is 0 Å². The van der Waals surface area contributed by atoms with Gasteiger partial charge in [0.1, 0.15) is 12.1 Å². The van der Waals surface area contributed by atoms with Crippen molar-refractivity contribution in [2.45, 2.75) is 57.0 Å². The van der Waals surface area contributed by atoms with E-state index in [1.54, 1.807) is 0 Å². The minimum Gasteiger partial charge on any atom is -0.397 e. The van der Waals surface area contributed by atoms with Crippen molar-refractivity contribution in [3.63, 3.8) is 0 Å². The summed E-state index contributed by atoms with van der Waals surface area (Å²) in [6.07, 6.45) is 3.83. The molecule has 4 rings (SSSR count). The quantitative estimate of drug-likeness (QED) is 0.120. The van der Waals surface area contributed by atoms with Crippen molar-refractivity contribution >= 4 is 77.9 Å². The van der Waals surface area contributed by atoms with Gasteiger partial charge >= 0.3 is 0 Å². The Hall–Kier alpha value is -2.93. The lowest BCUT2D eigenvalue weighted by molar-refractivity contribution is -0.137. The van der Waals surface area contributed by atoms with Crippen LogP contribution in [0.4, 0.5) is 11.4 Å². The number of nitrogens with zero attached hydrogens (tertiary/aromatic N) is 2. The summed E-state index contributed by atoms with van der Waals surface area (Å²) in [5.41, 5.74) is 15.5. The molecule has 1 heterocycles. The Morgan fingerprint density at radius 1 is 0.787 bits per heavy atom. The van der Waals surface area contributed by atoms with Gasteiger partial charge in [-0.25, -0.2) is 0 Å². The Bertz CT molecular complexity index is 1420. The Labute approximate surface area is 305 Å². The minimum absolute atomic E-state index is 0. The summed E-state index contributed by atoms with van der Waals surface area (Å²) in [6.45, 7) is 3.05. The van der Waals surface area contributed by atoms with Crippen LogP contribution in [0.5, 0.6) is 0 Å². The first-order chi connectivity index (χ1) is 22.2. The molecule has 3 aromatic carbocycles. The average molecular weight is 837 g/mol. The molecule has 0 aromatic heterocycles. The first kappa shape index (κ1) is 38.5. The lowest BCUT2D eigenvalue weighted by Gasteiger charge is -2.38. The highest BCUT2D eigenvalue weighted by Gasteiger charge is 2.31. The standard InChI is InChI=1S/C35H44Br2N6O3.BrH/c36-28-22-26(23-29(37)33(28)39)24-31(40-32(44)16-9-12-25-10-3-1-4-11-25)34(45)41-30(15-7-8-17-38)35(46)43-20-18-42(19-21-43)27-13-5-2-6-14-27;/h1-6,10-11,13-14,22-23,30-31H,7-9,12,15-21,24,38-39H2,(H,40,44)(H,41,45);1H/t30-,31+;/m0./s1.